The summed E-state index contributed by atoms with van der Waals surface area (Å²) < 4.78 is 11.1. The standard InChI is InChI=1S/C13H22N2O2/c1-10-7-12(17-13(10)8-14)9-15(2)11-3-5-16-6-4-11/h7,11H,3-6,8-9,14H2,1-2H3. The number of hydrogen-bond donors (Lipinski definition) is 1. The number of rotatable bonds is 4. The summed E-state index contributed by atoms with van der Waals surface area (Å²) in [6, 6.07) is 2.70. The summed E-state index contributed by atoms with van der Waals surface area (Å²) in [5.74, 6) is 1.91. The molecule has 1 aliphatic rings. The van der Waals surface area contributed by atoms with Crippen molar-refractivity contribution >= 4 is 0 Å². The van der Waals surface area contributed by atoms with Gasteiger partial charge in [-0.2, -0.15) is 0 Å². The zero-order chi connectivity index (χ0) is 12.3. The van der Waals surface area contributed by atoms with Crippen LogP contribution < -0.4 is 5.73 Å². The number of hydrogen-bond acceptors (Lipinski definition) is 4. The number of furan rings is 1. The number of ether oxygens (including phenoxy) is 1. The van der Waals surface area contributed by atoms with Crippen LogP contribution in [0.25, 0.3) is 0 Å². The van der Waals surface area contributed by atoms with Gasteiger partial charge in [-0.25, -0.2) is 0 Å². The van der Waals surface area contributed by atoms with Gasteiger partial charge in [-0.3, -0.25) is 4.90 Å². The molecule has 0 spiro atoms. The third kappa shape index (κ3) is 3.09. The third-order valence-electron chi connectivity index (χ3n) is 3.48. The molecule has 17 heavy (non-hydrogen) atoms. The molecule has 4 nitrogen and oxygen atoms in total. The molecule has 2 heterocycles. The minimum atomic E-state index is 0.479. The van der Waals surface area contributed by atoms with Gasteiger partial charge in [0.2, 0.25) is 0 Å². The van der Waals surface area contributed by atoms with Crippen molar-refractivity contribution in [3.05, 3.63) is 23.2 Å². The molecular weight excluding hydrogens is 216 g/mol. The first-order chi connectivity index (χ1) is 8.20. The molecule has 0 aliphatic carbocycles. The van der Waals surface area contributed by atoms with Crippen molar-refractivity contribution in [3.63, 3.8) is 0 Å². The molecule has 1 fully saturated rings. The molecule has 0 radical (unpaired) electrons. The van der Waals surface area contributed by atoms with E-state index in [9.17, 15) is 0 Å². The third-order valence-corrected chi connectivity index (χ3v) is 3.48. The summed E-state index contributed by atoms with van der Waals surface area (Å²) in [6.07, 6.45) is 2.22. The van der Waals surface area contributed by atoms with E-state index in [0.29, 0.717) is 12.6 Å². The average Bonchev–Trinajstić information content (AvgIpc) is 2.70. The fourth-order valence-corrected chi connectivity index (χ4v) is 2.37. The van der Waals surface area contributed by atoms with Crippen molar-refractivity contribution < 1.29 is 9.15 Å². The molecule has 1 aliphatic heterocycles. The SMILES string of the molecule is Cc1cc(CN(C)C2CCOCC2)oc1CN. The van der Waals surface area contributed by atoms with Gasteiger partial charge in [0.15, 0.2) is 0 Å². The zero-order valence-corrected chi connectivity index (χ0v) is 10.7. The lowest BCUT2D eigenvalue weighted by Crippen LogP contribution is -2.36. The maximum Gasteiger partial charge on any atom is 0.120 e. The quantitative estimate of drug-likeness (QED) is 0.866. The van der Waals surface area contributed by atoms with Gasteiger partial charge in [-0.05, 0) is 38.4 Å². The largest absolute Gasteiger partial charge is 0.463 e. The van der Waals surface area contributed by atoms with E-state index in [1.165, 1.54) is 0 Å². The number of nitrogens with zero attached hydrogens (tertiary/aromatic N) is 1. The second-order valence-corrected chi connectivity index (χ2v) is 4.78. The normalized spacial score (nSPS) is 17.9. The topological polar surface area (TPSA) is 51.6 Å². The van der Waals surface area contributed by atoms with Gasteiger partial charge in [-0.15, -0.1) is 0 Å². The fraction of sp³-hybridized carbons (Fsp3) is 0.692. The van der Waals surface area contributed by atoms with Gasteiger partial charge in [0.1, 0.15) is 11.5 Å². The lowest BCUT2D eigenvalue weighted by atomic mass is 10.1. The Balaban J connectivity index is 1.94. The molecule has 96 valence electrons. The van der Waals surface area contributed by atoms with Crippen LogP contribution in [0.4, 0.5) is 0 Å². The van der Waals surface area contributed by atoms with Crippen molar-refractivity contribution in [1.82, 2.24) is 4.90 Å². The van der Waals surface area contributed by atoms with E-state index < -0.39 is 0 Å². The Morgan fingerprint density at radius 1 is 1.41 bits per heavy atom. The van der Waals surface area contributed by atoms with Crippen LogP contribution in [0.3, 0.4) is 0 Å². The highest BCUT2D eigenvalue weighted by Gasteiger charge is 2.19. The monoisotopic (exact) mass is 238 g/mol. The van der Waals surface area contributed by atoms with E-state index in [-0.39, 0.29) is 0 Å². The van der Waals surface area contributed by atoms with Crippen LogP contribution in [0.1, 0.15) is 29.9 Å². The van der Waals surface area contributed by atoms with E-state index in [0.717, 1.165) is 49.7 Å². The molecule has 4 heteroatoms. The Morgan fingerprint density at radius 3 is 2.71 bits per heavy atom. The van der Waals surface area contributed by atoms with Gasteiger partial charge in [0.25, 0.3) is 0 Å². The van der Waals surface area contributed by atoms with Gasteiger partial charge in [0.05, 0.1) is 13.1 Å². The second kappa shape index (κ2) is 5.67. The summed E-state index contributed by atoms with van der Waals surface area (Å²) >= 11 is 0. The highest BCUT2D eigenvalue weighted by Crippen LogP contribution is 2.19. The van der Waals surface area contributed by atoms with Crippen molar-refractivity contribution in [2.75, 3.05) is 20.3 Å². The van der Waals surface area contributed by atoms with Crippen molar-refractivity contribution in [2.45, 2.75) is 38.9 Å². The predicted molar refractivity (Wildman–Crippen MR) is 66.6 cm³/mol. The van der Waals surface area contributed by atoms with Crippen molar-refractivity contribution in [1.29, 1.82) is 0 Å². The molecule has 0 atom stereocenters. The molecule has 1 aromatic rings. The van der Waals surface area contributed by atoms with E-state index in [1.807, 2.05) is 6.92 Å². The zero-order valence-electron chi connectivity index (χ0n) is 10.7. The minimum absolute atomic E-state index is 0.479. The first-order valence-corrected chi connectivity index (χ1v) is 6.27. The Labute approximate surface area is 103 Å². The van der Waals surface area contributed by atoms with Gasteiger partial charge < -0.3 is 14.9 Å². The molecule has 0 amide bonds. The molecule has 2 N–H and O–H groups in total. The molecule has 1 aromatic heterocycles. The van der Waals surface area contributed by atoms with Crippen LogP contribution in [-0.2, 0) is 17.8 Å². The van der Waals surface area contributed by atoms with E-state index in [4.69, 9.17) is 14.9 Å². The van der Waals surface area contributed by atoms with Crippen molar-refractivity contribution in [2.24, 2.45) is 5.73 Å². The molecule has 0 aromatic carbocycles. The van der Waals surface area contributed by atoms with Gasteiger partial charge in [0, 0.05) is 19.3 Å². The van der Waals surface area contributed by atoms with Crippen LogP contribution in [0, 0.1) is 6.92 Å². The maximum absolute atomic E-state index is 5.73. The lowest BCUT2D eigenvalue weighted by Gasteiger charge is -2.30. The summed E-state index contributed by atoms with van der Waals surface area (Å²) in [6.45, 7) is 5.13. The van der Waals surface area contributed by atoms with Crippen LogP contribution >= 0.6 is 0 Å². The Kier molecular flexibility index (Phi) is 4.20. The first-order valence-electron chi connectivity index (χ1n) is 6.27. The fourth-order valence-electron chi connectivity index (χ4n) is 2.37. The summed E-state index contributed by atoms with van der Waals surface area (Å²) in [4.78, 5) is 2.35. The second-order valence-electron chi connectivity index (χ2n) is 4.78. The van der Waals surface area contributed by atoms with E-state index in [1.54, 1.807) is 0 Å². The van der Waals surface area contributed by atoms with Crippen molar-refractivity contribution in [3.8, 4) is 0 Å². The molecule has 1 saturated heterocycles. The Bertz CT molecular complexity index is 356. The molecular formula is C13H22N2O2. The van der Waals surface area contributed by atoms with E-state index in [2.05, 4.69) is 18.0 Å². The minimum Gasteiger partial charge on any atom is -0.463 e. The van der Waals surface area contributed by atoms with Crippen LogP contribution in [0.15, 0.2) is 10.5 Å². The molecule has 2 rings (SSSR count). The highest BCUT2D eigenvalue weighted by atomic mass is 16.5. The van der Waals surface area contributed by atoms with Gasteiger partial charge >= 0.3 is 0 Å². The van der Waals surface area contributed by atoms with Crippen LogP contribution in [-0.4, -0.2) is 31.2 Å². The number of aryl methyl sites for hydroxylation is 1. The van der Waals surface area contributed by atoms with Gasteiger partial charge in [-0.1, -0.05) is 0 Å². The highest BCUT2D eigenvalue weighted by molar-refractivity contribution is 5.19. The van der Waals surface area contributed by atoms with Crippen LogP contribution in [0.5, 0.6) is 0 Å². The number of nitrogens with two attached hydrogens (primary N) is 1. The molecule has 0 saturated carbocycles. The predicted octanol–water partition coefficient (Wildman–Crippen LogP) is 1.66. The maximum atomic E-state index is 5.73. The summed E-state index contributed by atoms with van der Waals surface area (Å²) in [5.41, 5.74) is 6.77. The smallest absolute Gasteiger partial charge is 0.120 e. The lowest BCUT2D eigenvalue weighted by molar-refractivity contribution is 0.0386. The van der Waals surface area contributed by atoms with E-state index >= 15 is 0 Å². The first kappa shape index (κ1) is 12.6. The Hall–Kier alpha value is -0.840. The average molecular weight is 238 g/mol. The van der Waals surface area contributed by atoms with Crippen LogP contribution in [0.2, 0.25) is 0 Å². The summed E-state index contributed by atoms with van der Waals surface area (Å²) in [7, 11) is 2.15. The summed E-state index contributed by atoms with van der Waals surface area (Å²) in [5, 5.41) is 0. The Morgan fingerprint density at radius 2 is 2.12 bits per heavy atom. The molecule has 0 bridgehead atoms. The molecule has 0 unspecified atom stereocenters.